The topological polar surface area (TPSA) is 33.6 Å². The SMILES string of the molecule is Cc1cccc(-c2ccc3c4ccc(-c5cccc(C)c5)cc4n(-c4cc(C#N)c(-c5ccccc5C(F)(F)F)cc4-n4c5cc(-c6cccc(C)c6)ccc5c5ccc(-c6cccc(C)c6)cc54)c3c2)c1. The lowest BCUT2D eigenvalue weighted by molar-refractivity contribution is -0.137. The number of rotatable bonds is 7. The fourth-order valence-electron chi connectivity index (χ4n) is 10.8. The number of aryl methyl sites for hydroxylation is 4. The Balaban J connectivity index is 1.27. The van der Waals surface area contributed by atoms with Crippen LogP contribution >= 0.6 is 0 Å². The summed E-state index contributed by atoms with van der Waals surface area (Å²) >= 11 is 0. The molecule has 0 atom stereocenters. The van der Waals surface area contributed by atoms with E-state index in [0.717, 1.165) is 116 Å². The second kappa shape index (κ2) is 17.2. The average molecular weight is 938 g/mol. The van der Waals surface area contributed by atoms with Gasteiger partial charge in [-0.15, -0.1) is 0 Å². The van der Waals surface area contributed by atoms with Crippen LogP contribution in [-0.2, 0) is 6.18 Å². The van der Waals surface area contributed by atoms with Crippen LogP contribution < -0.4 is 0 Å². The number of nitrogens with zero attached hydrogens (tertiary/aromatic N) is 3. The quantitative estimate of drug-likeness (QED) is 0.157. The second-order valence-electron chi connectivity index (χ2n) is 19.1. The maximum absolute atomic E-state index is 15.2. The molecule has 0 saturated carbocycles. The van der Waals surface area contributed by atoms with E-state index in [-0.39, 0.29) is 16.7 Å². The Morgan fingerprint density at radius 1 is 0.347 bits per heavy atom. The van der Waals surface area contributed by atoms with Crippen molar-refractivity contribution in [3.8, 4) is 73.1 Å². The summed E-state index contributed by atoms with van der Waals surface area (Å²) in [5.74, 6) is 0. The molecule has 72 heavy (non-hydrogen) atoms. The molecule has 6 heteroatoms. The summed E-state index contributed by atoms with van der Waals surface area (Å²) in [6, 6.07) is 71.3. The van der Waals surface area contributed by atoms with Crippen molar-refractivity contribution in [3.63, 3.8) is 0 Å². The van der Waals surface area contributed by atoms with Crippen LogP contribution in [0.25, 0.3) is 111 Å². The van der Waals surface area contributed by atoms with Crippen LogP contribution in [0.1, 0.15) is 33.4 Å². The first-order chi connectivity index (χ1) is 34.9. The molecule has 2 aromatic heterocycles. The summed E-state index contributed by atoms with van der Waals surface area (Å²) in [5.41, 5.74) is 16.9. The molecule has 10 aromatic carbocycles. The molecule has 0 spiro atoms. The van der Waals surface area contributed by atoms with Gasteiger partial charge in [0, 0.05) is 27.1 Å². The third kappa shape index (κ3) is 7.62. The molecule has 12 rings (SSSR count). The van der Waals surface area contributed by atoms with Crippen molar-refractivity contribution >= 4 is 43.6 Å². The van der Waals surface area contributed by atoms with Crippen molar-refractivity contribution in [3.05, 3.63) is 240 Å². The van der Waals surface area contributed by atoms with E-state index in [1.807, 2.05) is 12.1 Å². The van der Waals surface area contributed by atoms with Crippen LogP contribution in [0, 0.1) is 39.0 Å². The normalized spacial score (nSPS) is 11.8. The van der Waals surface area contributed by atoms with Gasteiger partial charge in [0.25, 0.3) is 0 Å². The van der Waals surface area contributed by atoms with Crippen LogP contribution in [0.5, 0.6) is 0 Å². The summed E-state index contributed by atoms with van der Waals surface area (Å²) in [7, 11) is 0. The molecule has 3 nitrogen and oxygen atoms in total. The average Bonchev–Trinajstić information content (AvgIpc) is 3.89. The van der Waals surface area contributed by atoms with E-state index in [0.29, 0.717) is 11.4 Å². The van der Waals surface area contributed by atoms with Crippen molar-refractivity contribution in [2.24, 2.45) is 0 Å². The van der Waals surface area contributed by atoms with E-state index in [1.165, 1.54) is 12.1 Å². The number of hydrogen-bond donors (Lipinski definition) is 0. The van der Waals surface area contributed by atoms with Crippen LogP contribution in [0.15, 0.2) is 206 Å². The Labute approximate surface area is 415 Å². The van der Waals surface area contributed by atoms with Gasteiger partial charge in [0.05, 0.1) is 50.6 Å². The summed E-state index contributed by atoms with van der Waals surface area (Å²) in [6.07, 6.45) is -4.69. The summed E-state index contributed by atoms with van der Waals surface area (Å²) < 4.78 is 50.0. The van der Waals surface area contributed by atoms with E-state index in [2.05, 4.69) is 213 Å². The molecule has 2 heterocycles. The number of hydrogen-bond acceptors (Lipinski definition) is 1. The van der Waals surface area contributed by atoms with Gasteiger partial charge in [0.1, 0.15) is 0 Å². The zero-order valence-electron chi connectivity index (χ0n) is 40.1. The minimum absolute atomic E-state index is 0.0679. The fraction of sp³-hybridized carbons (Fsp3) is 0.0758. The first kappa shape index (κ1) is 44.3. The fourth-order valence-corrected chi connectivity index (χ4v) is 10.8. The number of halogens is 3. The smallest absolute Gasteiger partial charge is 0.307 e. The predicted octanol–water partition coefficient (Wildman–Crippen LogP) is 18.3. The van der Waals surface area contributed by atoms with Gasteiger partial charge >= 0.3 is 6.18 Å². The molecular formula is C66H46F3N3. The summed E-state index contributed by atoms with van der Waals surface area (Å²) in [6.45, 7) is 8.33. The van der Waals surface area contributed by atoms with E-state index in [1.54, 1.807) is 6.07 Å². The van der Waals surface area contributed by atoms with Crippen molar-refractivity contribution < 1.29 is 13.2 Å². The second-order valence-corrected chi connectivity index (χ2v) is 19.1. The lowest BCUT2D eigenvalue weighted by Gasteiger charge is -2.21. The van der Waals surface area contributed by atoms with Crippen molar-refractivity contribution in [2.75, 3.05) is 0 Å². The predicted molar refractivity (Wildman–Crippen MR) is 291 cm³/mol. The maximum atomic E-state index is 15.2. The molecule has 0 unspecified atom stereocenters. The van der Waals surface area contributed by atoms with Crippen LogP contribution in [0.4, 0.5) is 13.2 Å². The summed E-state index contributed by atoms with van der Waals surface area (Å²) in [5, 5.41) is 15.2. The third-order valence-corrected chi connectivity index (χ3v) is 14.2. The van der Waals surface area contributed by atoms with Gasteiger partial charge in [-0.2, -0.15) is 18.4 Å². The van der Waals surface area contributed by atoms with Gasteiger partial charge in [-0.25, -0.2) is 0 Å². The maximum Gasteiger partial charge on any atom is 0.417 e. The highest BCUT2D eigenvalue weighted by Gasteiger charge is 2.34. The zero-order chi connectivity index (χ0) is 49.4. The lowest BCUT2D eigenvalue weighted by Crippen LogP contribution is -2.09. The molecule has 0 fully saturated rings. The van der Waals surface area contributed by atoms with Gasteiger partial charge in [0.15, 0.2) is 0 Å². The number of fused-ring (bicyclic) bond motifs is 6. The molecule has 0 aliphatic rings. The van der Waals surface area contributed by atoms with Gasteiger partial charge in [-0.05, 0) is 120 Å². The van der Waals surface area contributed by atoms with Gasteiger partial charge in [-0.1, -0.05) is 186 Å². The Morgan fingerprint density at radius 3 is 1.01 bits per heavy atom. The first-order valence-corrected chi connectivity index (χ1v) is 24.1. The lowest BCUT2D eigenvalue weighted by atomic mass is 9.94. The highest BCUT2D eigenvalue weighted by molar-refractivity contribution is 6.14. The van der Waals surface area contributed by atoms with E-state index < -0.39 is 11.7 Å². The van der Waals surface area contributed by atoms with E-state index in [4.69, 9.17) is 0 Å². The van der Waals surface area contributed by atoms with Crippen LogP contribution in [0.3, 0.4) is 0 Å². The van der Waals surface area contributed by atoms with Crippen LogP contribution in [0.2, 0.25) is 0 Å². The zero-order valence-corrected chi connectivity index (χ0v) is 40.1. The Bertz CT molecular complexity index is 4010. The molecule has 0 N–H and O–H groups in total. The molecule has 0 aliphatic heterocycles. The Hall–Kier alpha value is -8.92. The molecule has 0 saturated heterocycles. The standard InChI is InChI=1S/C66H46F3N3/c1-40-11-7-15-44(29-40)48-21-25-54-55-26-22-49(45-16-8-12-41(2)30-45)34-61(55)71(60(54)33-48)64-37-52(39-70)58(53-19-5-6-20-59(53)66(67,68)69)38-65(64)72-62-35-50(46-17-9-13-42(3)31-46)23-27-56(62)57-28-24-51(36-63(57)72)47-18-10-14-43(4)32-47/h5-38H,1-4H3. The monoisotopic (exact) mass is 937 g/mol. The van der Waals surface area contributed by atoms with Gasteiger partial charge in [-0.3, -0.25) is 0 Å². The Morgan fingerprint density at radius 2 is 0.681 bits per heavy atom. The van der Waals surface area contributed by atoms with Gasteiger partial charge < -0.3 is 9.13 Å². The van der Waals surface area contributed by atoms with Crippen LogP contribution in [-0.4, -0.2) is 9.13 Å². The van der Waals surface area contributed by atoms with E-state index >= 15 is 13.2 Å². The number of aromatic nitrogens is 2. The molecule has 12 aromatic rings. The van der Waals surface area contributed by atoms with Gasteiger partial charge in [0.2, 0.25) is 0 Å². The van der Waals surface area contributed by atoms with Crippen molar-refractivity contribution in [1.82, 2.24) is 9.13 Å². The van der Waals surface area contributed by atoms with Crippen molar-refractivity contribution in [2.45, 2.75) is 33.9 Å². The molecular weight excluding hydrogens is 892 g/mol. The highest BCUT2D eigenvalue weighted by atomic mass is 19.4. The largest absolute Gasteiger partial charge is 0.417 e. The Kier molecular flexibility index (Phi) is 10.6. The molecule has 0 bridgehead atoms. The molecule has 0 aliphatic carbocycles. The highest BCUT2D eigenvalue weighted by Crippen LogP contribution is 2.46. The third-order valence-electron chi connectivity index (χ3n) is 14.2. The molecule has 0 amide bonds. The molecule has 0 radical (unpaired) electrons. The number of nitriles is 1. The minimum atomic E-state index is -4.69. The minimum Gasteiger partial charge on any atom is -0.307 e. The number of benzene rings is 10. The molecule has 346 valence electrons. The summed E-state index contributed by atoms with van der Waals surface area (Å²) in [4.78, 5) is 0. The first-order valence-electron chi connectivity index (χ1n) is 24.1. The van der Waals surface area contributed by atoms with Crippen molar-refractivity contribution in [1.29, 1.82) is 5.26 Å². The number of alkyl halides is 3. The van der Waals surface area contributed by atoms with E-state index in [9.17, 15) is 5.26 Å².